The van der Waals surface area contributed by atoms with Crippen molar-refractivity contribution in [2.45, 2.75) is 26.7 Å². The van der Waals surface area contributed by atoms with Crippen LogP contribution in [0.3, 0.4) is 0 Å². The van der Waals surface area contributed by atoms with Crippen molar-refractivity contribution in [2.75, 3.05) is 25.1 Å². The topological polar surface area (TPSA) is 99.5 Å². The van der Waals surface area contributed by atoms with E-state index < -0.39 is 6.09 Å². The molecule has 31 heavy (non-hydrogen) atoms. The molecule has 1 N–H and O–H groups in total. The van der Waals surface area contributed by atoms with Crippen LogP contribution >= 0.6 is 0 Å². The van der Waals surface area contributed by atoms with Crippen LogP contribution in [0.1, 0.15) is 42.7 Å². The van der Waals surface area contributed by atoms with Gasteiger partial charge in [-0.15, -0.1) is 0 Å². The van der Waals surface area contributed by atoms with E-state index in [0.717, 1.165) is 0 Å². The second-order valence-corrected chi connectivity index (χ2v) is 6.68. The van der Waals surface area contributed by atoms with Gasteiger partial charge in [-0.1, -0.05) is 18.2 Å². The number of ketones is 1. The highest BCUT2D eigenvalue weighted by Crippen LogP contribution is 2.33. The number of esters is 1. The number of para-hydroxylation sites is 1. The number of carbonyl (C=O) groups is 3. The van der Waals surface area contributed by atoms with Gasteiger partial charge in [-0.25, -0.2) is 9.36 Å². The van der Waals surface area contributed by atoms with Crippen LogP contribution in [-0.2, 0) is 14.3 Å². The maximum Gasteiger partial charge on any atom is 0.419 e. The minimum Gasteiger partial charge on any atom is -0.466 e. The van der Waals surface area contributed by atoms with Crippen molar-refractivity contribution in [2.24, 2.45) is 0 Å². The molecule has 0 aliphatic heterocycles. The number of hydrogen-bond donors (Lipinski definition) is 1. The Labute approximate surface area is 180 Å². The summed E-state index contributed by atoms with van der Waals surface area (Å²) in [7, 11) is 0. The molecule has 1 aromatic carbocycles. The summed E-state index contributed by atoms with van der Waals surface area (Å²) in [4.78, 5) is 41.8. The average molecular weight is 423 g/mol. The number of nitrogens with zero attached hydrogens (tertiary/aromatic N) is 2. The Hall–Kier alpha value is -3.68. The molecule has 0 aliphatic rings. The molecule has 2 aromatic heterocycles. The monoisotopic (exact) mass is 423 g/mol. The molecule has 0 spiro atoms. The van der Waals surface area contributed by atoms with Crippen LogP contribution in [-0.4, -0.2) is 47.2 Å². The van der Waals surface area contributed by atoms with Crippen LogP contribution in [0.5, 0.6) is 0 Å². The minimum absolute atomic E-state index is 0.170. The third-order valence-electron chi connectivity index (χ3n) is 4.63. The fourth-order valence-corrected chi connectivity index (χ4v) is 3.32. The lowest BCUT2D eigenvalue weighted by molar-refractivity contribution is -0.143. The van der Waals surface area contributed by atoms with Gasteiger partial charge < -0.3 is 14.8 Å². The minimum atomic E-state index is -0.634. The highest BCUT2D eigenvalue weighted by molar-refractivity contribution is 6.19. The van der Waals surface area contributed by atoms with Gasteiger partial charge in [0.15, 0.2) is 0 Å². The lowest BCUT2D eigenvalue weighted by Gasteiger charge is -2.11. The molecular formula is C23H25N3O5. The number of nitrogens with one attached hydrogen (secondary N) is 1. The Morgan fingerprint density at radius 1 is 1.03 bits per heavy atom. The number of hydrogen-bond acceptors (Lipinski definition) is 7. The number of benzene rings is 1. The maximum absolute atomic E-state index is 13.4. The molecule has 3 rings (SSSR count). The summed E-state index contributed by atoms with van der Waals surface area (Å²) in [6.07, 6.45) is 3.17. The molecule has 2 heterocycles. The summed E-state index contributed by atoms with van der Waals surface area (Å²) in [5.41, 5.74) is 1.59. The summed E-state index contributed by atoms with van der Waals surface area (Å²) in [5.74, 6) is -0.629. The van der Waals surface area contributed by atoms with Crippen LogP contribution in [0.25, 0.3) is 10.9 Å². The average Bonchev–Trinajstić information content (AvgIpc) is 3.11. The Kier molecular flexibility index (Phi) is 7.37. The van der Waals surface area contributed by atoms with Crippen LogP contribution < -0.4 is 5.32 Å². The van der Waals surface area contributed by atoms with Crippen molar-refractivity contribution < 1.29 is 23.9 Å². The smallest absolute Gasteiger partial charge is 0.419 e. The van der Waals surface area contributed by atoms with E-state index in [-0.39, 0.29) is 30.5 Å². The first-order valence-corrected chi connectivity index (χ1v) is 10.2. The number of fused-ring (bicyclic) bond motifs is 1. The molecule has 0 saturated heterocycles. The van der Waals surface area contributed by atoms with E-state index in [1.54, 1.807) is 44.3 Å². The van der Waals surface area contributed by atoms with Crippen molar-refractivity contribution >= 4 is 34.4 Å². The van der Waals surface area contributed by atoms with E-state index in [2.05, 4.69) is 10.3 Å². The SMILES string of the molecule is CCOC(=O)CCCNc1c(C(=O)c2cccnc2)n(C(=O)OCC)c2ccccc12. The highest BCUT2D eigenvalue weighted by atomic mass is 16.5. The number of anilines is 1. The Balaban J connectivity index is 2.03. The molecule has 8 heteroatoms. The quantitative estimate of drug-likeness (QED) is 0.315. The predicted molar refractivity (Wildman–Crippen MR) is 116 cm³/mol. The third kappa shape index (κ3) is 4.91. The second-order valence-electron chi connectivity index (χ2n) is 6.68. The fourth-order valence-electron chi connectivity index (χ4n) is 3.32. The largest absolute Gasteiger partial charge is 0.466 e. The lowest BCUT2D eigenvalue weighted by atomic mass is 10.1. The van der Waals surface area contributed by atoms with Crippen molar-refractivity contribution in [1.82, 2.24) is 9.55 Å². The summed E-state index contributed by atoms with van der Waals surface area (Å²) >= 11 is 0. The van der Waals surface area contributed by atoms with Crippen LogP contribution in [0, 0.1) is 0 Å². The van der Waals surface area contributed by atoms with Gasteiger partial charge in [0.25, 0.3) is 0 Å². The molecular weight excluding hydrogens is 398 g/mol. The molecule has 0 radical (unpaired) electrons. The van der Waals surface area contributed by atoms with E-state index in [1.165, 1.54) is 10.8 Å². The maximum atomic E-state index is 13.4. The van der Waals surface area contributed by atoms with Crippen molar-refractivity contribution in [3.63, 3.8) is 0 Å². The van der Waals surface area contributed by atoms with Gasteiger partial charge in [-0.2, -0.15) is 0 Å². The van der Waals surface area contributed by atoms with Gasteiger partial charge in [0.05, 0.1) is 24.4 Å². The zero-order valence-corrected chi connectivity index (χ0v) is 17.6. The molecule has 3 aromatic rings. The van der Waals surface area contributed by atoms with Gasteiger partial charge in [0.1, 0.15) is 5.69 Å². The molecule has 0 atom stereocenters. The van der Waals surface area contributed by atoms with E-state index in [4.69, 9.17) is 9.47 Å². The Morgan fingerprint density at radius 2 is 1.81 bits per heavy atom. The van der Waals surface area contributed by atoms with E-state index >= 15 is 0 Å². The number of carbonyl (C=O) groups excluding carboxylic acids is 3. The summed E-state index contributed by atoms with van der Waals surface area (Å²) in [5, 5.41) is 3.95. The van der Waals surface area contributed by atoms with Crippen LogP contribution in [0.15, 0.2) is 48.8 Å². The van der Waals surface area contributed by atoms with Crippen molar-refractivity contribution in [3.8, 4) is 0 Å². The summed E-state index contributed by atoms with van der Waals surface area (Å²) in [6.45, 7) is 4.40. The molecule has 0 unspecified atom stereocenters. The van der Waals surface area contributed by atoms with Crippen molar-refractivity contribution in [3.05, 3.63) is 60.0 Å². The standard InChI is InChI=1S/C23H25N3O5/c1-3-30-19(27)12-8-14-25-20-17-10-5-6-11-18(17)26(23(29)31-4-2)21(20)22(28)16-9-7-13-24-15-16/h5-7,9-11,13,15,25H,3-4,8,12,14H2,1-2H3. The van der Waals surface area contributed by atoms with Gasteiger partial charge in [0, 0.05) is 36.3 Å². The molecule has 0 saturated carbocycles. The van der Waals surface area contributed by atoms with Gasteiger partial charge in [0.2, 0.25) is 5.78 Å². The Bertz CT molecular complexity index is 1080. The summed E-state index contributed by atoms with van der Waals surface area (Å²) < 4.78 is 11.5. The number of rotatable bonds is 9. The van der Waals surface area contributed by atoms with E-state index in [9.17, 15) is 14.4 Å². The highest BCUT2D eigenvalue weighted by Gasteiger charge is 2.27. The molecule has 162 valence electrons. The first kappa shape index (κ1) is 22.0. The molecule has 8 nitrogen and oxygen atoms in total. The van der Waals surface area contributed by atoms with E-state index in [0.29, 0.717) is 41.7 Å². The molecule has 0 bridgehead atoms. The molecule has 0 amide bonds. The van der Waals surface area contributed by atoms with Gasteiger partial charge >= 0.3 is 12.1 Å². The predicted octanol–water partition coefficient (Wildman–Crippen LogP) is 4.03. The van der Waals surface area contributed by atoms with E-state index in [1.807, 2.05) is 12.1 Å². The normalized spacial score (nSPS) is 10.6. The van der Waals surface area contributed by atoms with Crippen LogP contribution in [0.4, 0.5) is 10.5 Å². The molecule has 0 aliphatic carbocycles. The first-order chi connectivity index (χ1) is 15.1. The number of pyridine rings is 1. The number of aromatic nitrogens is 2. The Morgan fingerprint density at radius 3 is 2.52 bits per heavy atom. The summed E-state index contributed by atoms with van der Waals surface area (Å²) in [6, 6.07) is 10.5. The number of ether oxygens (including phenoxy) is 2. The zero-order valence-electron chi connectivity index (χ0n) is 17.6. The van der Waals surface area contributed by atoms with Gasteiger partial charge in [-0.05, 0) is 38.5 Å². The fraction of sp³-hybridized carbons (Fsp3) is 0.304. The molecule has 0 fully saturated rings. The lowest BCUT2D eigenvalue weighted by Crippen LogP contribution is -2.20. The van der Waals surface area contributed by atoms with Crippen LogP contribution in [0.2, 0.25) is 0 Å². The van der Waals surface area contributed by atoms with Gasteiger partial charge in [-0.3, -0.25) is 14.6 Å². The van der Waals surface area contributed by atoms with Crippen molar-refractivity contribution in [1.29, 1.82) is 0 Å². The zero-order chi connectivity index (χ0) is 22.2. The third-order valence-corrected chi connectivity index (χ3v) is 4.63. The second kappa shape index (κ2) is 10.4. The first-order valence-electron chi connectivity index (χ1n) is 10.2.